The average Bonchev–Trinajstić information content (AvgIpc) is 2.70. The van der Waals surface area contributed by atoms with Crippen LogP contribution in [-0.4, -0.2) is 24.5 Å². The zero-order valence-corrected chi connectivity index (χ0v) is 10.6. The van der Waals surface area contributed by atoms with Crippen LogP contribution in [-0.2, 0) is 0 Å². The number of hydrogen-bond acceptors (Lipinski definition) is 2. The highest BCUT2D eigenvalue weighted by molar-refractivity contribution is 6.35. The van der Waals surface area contributed by atoms with Gasteiger partial charge in [-0.15, -0.1) is 0 Å². The lowest BCUT2D eigenvalue weighted by Crippen LogP contribution is -2.30. The van der Waals surface area contributed by atoms with Crippen molar-refractivity contribution in [2.45, 2.75) is 18.9 Å². The lowest BCUT2D eigenvalue weighted by atomic mass is 10.1. The topological polar surface area (TPSA) is 29.3 Å². The summed E-state index contributed by atoms with van der Waals surface area (Å²) in [5.74, 6) is 0. The third kappa shape index (κ3) is 2.89. The van der Waals surface area contributed by atoms with Crippen molar-refractivity contribution in [2.24, 2.45) is 5.73 Å². The maximum absolute atomic E-state index is 6.16. The summed E-state index contributed by atoms with van der Waals surface area (Å²) in [6.07, 6.45) is 2.56. The summed E-state index contributed by atoms with van der Waals surface area (Å²) in [5.41, 5.74) is 7.14. The van der Waals surface area contributed by atoms with Crippen LogP contribution in [0.2, 0.25) is 10.0 Å². The van der Waals surface area contributed by atoms with E-state index < -0.39 is 0 Å². The van der Waals surface area contributed by atoms with Crippen LogP contribution in [0.5, 0.6) is 0 Å². The van der Waals surface area contributed by atoms with Gasteiger partial charge in [0.15, 0.2) is 0 Å². The molecule has 1 aromatic carbocycles. The summed E-state index contributed by atoms with van der Waals surface area (Å²) in [5, 5.41) is 1.32. The van der Waals surface area contributed by atoms with E-state index in [-0.39, 0.29) is 6.04 Å². The van der Waals surface area contributed by atoms with Crippen molar-refractivity contribution in [1.82, 2.24) is 4.90 Å². The van der Waals surface area contributed by atoms with Gasteiger partial charge in [0, 0.05) is 22.6 Å². The smallest absolute Gasteiger partial charge is 0.0469 e. The summed E-state index contributed by atoms with van der Waals surface area (Å²) in [4.78, 5) is 2.38. The molecule has 0 aliphatic carbocycles. The number of halogens is 2. The highest BCUT2D eigenvalue weighted by atomic mass is 35.5. The van der Waals surface area contributed by atoms with Gasteiger partial charge in [0.25, 0.3) is 0 Å². The Morgan fingerprint density at radius 1 is 1.25 bits per heavy atom. The maximum Gasteiger partial charge on any atom is 0.0469 e. The summed E-state index contributed by atoms with van der Waals surface area (Å²) in [6.45, 7) is 3.18. The van der Waals surface area contributed by atoms with Gasteiger partial charge in [-0.2, -0.15) is 0 Å². The highest BCUT2D eigenvalue weighted by Crippen LogP contribution is 2.26. The Kier molecular flexibility index (Phi) is 4.09. The molecule has 0 radical (unpaired) electrons. The third-order valence-corrected chi connectivity index (χ3v) is 3.58. The second-order valence-electron chi connectivity index (χ2n) is 4.28. The number of benzene rings is 1. The monoisotopic (exact) mass is 258 g/mol. The first-order chi connectivity index (χ1) is 7.66. The molecule has 1 fully saturated rings. The minimum absolute atomic E-state index is 0.0251. The fraction of sp³-hybridized carbons (Fsp3) is 0.500. The molecule has 1 atom stereocenters. The molecule has 2 N–H and O–H groups in total. The van der Waals surface area contributed by atoms with Gasteiger partial charge < -0.3 is 10.6 Å². The number of rotatable bonds is 3. The van der Waals surface area contributed by atoms with E-state index in [0.29, 0.717) is 10.0 Å². The van der Waals surface area contributed by atoms with E-state index in [2.05, 4.69) is 4.90 Å². The molecule has 4 heteroatoms. The van der Waals surface area contributed by atoms with Crippen LogP contribution in [0.3, 0.4) is 0 Å². The zero-order chi connectivity index (χ0) is 11.5. The minimum Gasteiger partial charge on any atom is -0.323 e. The van der Waals surface area contributed by atoms with Gasteiger partial charge in [-0.25, -0.2) is 0 Å². The van der Waals surface area contributed by atoms with Crippen molar-refractivity contribution in [3.63, 3.8) is 0 Å². The Hall–Kier alpha value is -0.280. The highest BCUT2D eigenvalue weighted by Gasteiger charge is 2.17. The number of nitrogens with zero attached hydrogens (tertiary/aromatic N) is 1. The molecule has 0 amide bonds. The van der Waals surface area contributed by atoms with Crippen molar-refractivity contribution in [3.05, 3.63) is 33.8 Å². The summed E-state index contributed by atoms with van der Waals surface area (Å²) in [6, 6.07) is 5.49. The molecule has 1 aliphatic heterocycles. The van der Waals surface area contributed by atoms with E-state index in [1.807, 2.05) is 12.1 Å². The molecule has 2 nitrogen and oxygen atoms in total. The predicted molar refractivity (Wildman–Crippen MR) is 69.1 cm³/mol. The minimum atomic E-state index is -0.0251. The molecule has 1 aromatic rings. The Balaban J connectivity index is 2.04. The molecular formula is C12H16Cl2N2. The van der Waals surface area contributed by atoms with E-state index in [1.165, 1.54) is 12.8 Å². The van der Waals surface area contributed by atoms with E-state index in [9.17, 15) is 0 Å². The van der Waals surface area contributed by atoms with Crippen molar-refractivity contribution in [3.8, 4) is 0 Å². The van der Waals surface area contributed by atoms with Gasteiger partial charge >= 0.3 is 0 Å². The normalized spacial score (nSPS) is 18.9. The summed E-state index contributed by atoms with van der Waals surface area (Å²) >= 11 is 12.0. The van der Waals surface area contributed by atoms with Crippen molar-refractivity contribution in [2.75, 3.05) is 19.6 Å². The van der Waals surface area contributed by atoms with Crippen molar-refractivity contribution in [1.29, 1.82) is 0 Å². The van der Waals surface area contributed by atoms with Gasteiger partial charge in [-0.3, -0.25) is 0 Å². The fourth-order valence-electron chi connectivity index (χ4n) is 2.14. The van der Waals surface area contributed by atoms with Crippen LogP contribution in [0, 0.1) is 0 Å². The first-order valence-corrected chi connectivity index (χ1v) is 6.35. The van der Waals surface area contributed by atoms with Crippen LogP contribution < -0.4 is 5.73 Å². The molecule has 0 saturated carbocycles. The quantitative estimate of drug-likeness (QED) is 0.903. The molecule has 1 saturated heterocycles. The first-order valence-electron chi connectivity index (χ1n) is 5.59. The van der Waals surface area contributed by atoms with Gasteiger partial charge in [0.05, 0.1) is 0 Å². The lowest BCUT2D eigenvalue weighted by Gasteiger charge is -2.21. The van der Waals surface area contributed by atoms with Gasteiger partial charge in [0.2, 0.25) is 0 Å². The fourth-order valence-corrected chi connectivity index (χ4v) is 2.69. The summed E-state index contributed by atoms with van der Waals surface area (Å²) < 4.78 is 0. The Morgan fingerprint density at radius 2 is 1.94 bits per heavy atom. The van der Waals surface area contributed by atoms with Gasteiger partial charge in [-0.1, -0.05) is 29.3 Å². The van der Waals surface area contributed by atoms with E-state index in [4.69, 9.17) is 28.9 Å². The average molecular weight is 259 g/mol. The lowest BCUT2D eigenvalue weighted by molar-refractivity contribution is 0.316. The molecule has 2 rings (SSSR count). The van der Waals surface area contributed by atoms with Crippen molar-refractivity contribution >= 4 is 23.2 Å². The zero-order valence-electron chi connectivity index (χ0n) is 9.13. The molecule has 0 aromatic heterocycles. The number of nitrogens with two attached hydrogens (primary N) is 1. The standard InChI is InChI=1S/C12H16Cl2N2/c13-9-3-4-10(11(14)7-9)12(15)8-16-5-1-2-6-16/h3-4,7,12H,1-2,5-6,8,15H2. The third-order valence-electron chi connectivity index (χ3n) is 3.02. The van der Waals surface area contributed by atoms with Crippen molar-refractivity contribution < 1.29 is 0 Å². The van der Waals surface area contributed by atoms with Crippen LogP contribution in [0.25, 0.3) is 0 Å². The number of likely N-dealkylation sites (tertiary alicyclic amines) is 1. The second-order valence-corrected chi connectivity index (χ2v) is 5.12. The van der Waals surface area contributed by atoms with Gasteiger partial charge in [0.1, 0.15) is 0 Å². The summed E-state index contributed by atoms with van der Waals surface area (Å²) in [7, 11) is 0. The molecule has 16 heavy (non-hydrogen) atoms. The first kappa shape index (κ1) is 12.2. The van der Waals surface area contributed by atoms with Crippen LogP contribution in [0.15, 0.2) is 18.2 Å². The molecule has 88 valence electrons. The van der Waals surface area contributed by atoms with E-state index >= 15 is 0 Å². The molecular weight excluding hydrogens is 243 g/mol. The van der Waals surface area contributed by atoms with Crippen LogP contribution >= 0.6 is 23.2 Å². The van der Waals surface area contributed by atoms with Crippen LogP contribution in [0.1, 0.15) is 24.4 Å². The predicted octanol–water partition coefficient (Wildman–Crippen LogP) is 3.09. The largest absolute Gasteiger partial charge is 0.323 e. The maximum atomic E-state index is 6.16. The van der Waals surface area contributed by atoms with E-state index in [0.717, 1.165) is 25.2 Å². The molecule has 1 heterocycles. The Labute approximate surface area is 106 Å². The van der Waals surface area contributed by atoms with Crippen LogP contribution in [0.4, 0.5) is 0 Å². The molecule has 1 aliphatic rings. The number of hydrogen-bond donors (Lipinski definition) is 1. The van der Waals surface area contributed by atoms with Gasteiger partial charge in [-0.05, 0) is 43.6 Å². The Morgan fingerprint density at radius 3 is 2.56 bits per heavy atom. The van der Waals surface area contributed by atoms with E-state index in [1.54, 1.807) is 6.07 Å². The molecule has 0 spiro atoms. The second kappa shape index (κ2) is 5.37. The Bertz CT molecular complexity index is 362. The molecule has 1 unspecified atom stereocenters. The SMILES string of the molecule is NC(CN1CCCC1)c1ccc(Cl)cc1Cl. The molecule has 0 bridgehead atoms.